The summed E-state index contributed by atoms with van der Waals surface area (Å²) in [5.41, 5.74) is 6.65. The van der Waals surface area contributed by atoms with E-state index in [0.717, 1.165) is 18.8 Å². The molecule has 0 unspecified atom stereocenters. The summed E-state index contributed by atoms with van der Waals surface area (Å²) in [6.45, 7) is 1.74. The van der Waals surface area contributed by atoms with Crippen molar-refractivity contribution >= 4 is 5.84 Å². The Morgan fingerprint density at radius 3 is 2.78 bits per heavy atom. The van der Waals surface area contributed by atoms with E-state index in [2.05, 4.69) is 11.0 Å². The van der Waals surface area contributed by atoms with E-state index in [1.807, 2.05) is 18.2 Å². The first-order valence-electron chi connectivity index (χ1n) is 6.39. The Balaban J connectivity index is 2.01. The highest BCUT2D eigenvalue weighted by Crippen LogP contribution is 2.30. The highest BCUT2D eigenvalue weighted by molar-refractivity contribution is 5.76. The lowest BCUT2D eigenvalue weighted by atomic mass is 10.2. The van der Waals surface area contributed by atoms with E-state index >= 15 is 0 Å². The average molecular weight is 247 g/mol. The SMILES string of the molecule is COc1ccccc1CN(CCC(=N)N)C1CC1. The average Bonchev–Trinajstić information content (AvgIpc) is 3.19. The van der Waals surface area contributed by atoms with Gasteiger partial charge < -0.3 is 10.5 Å². The maximum atomic E-state index is 7.33. The van der Waals surface area contributed by atoms with Gasteiger partial charge in [-0.3, -0.25) is 10.3 Å². The number of nitrogens with two attached hydrogens (primary N) is 1. The summed E-state index contributed by atoms with van der Waals surface area (Å²) in [4.78, 5) is 2.40. The fraction of sp³-hybridized carbons (Fsp3) is 0.500. The van der Waals surface area contributed by atoms with Gasteiger partial charge >= 0.3 is 0 Å². The lowest BCUT2D eigenvalue weighted by Crippen LogP contribution is -2.29. The van der Waals surface area contributed by atoms with Gasteiger partial charge in [0.05, 0.1) is 12.9 Å². The Morgan fingerprint density at radius 1 is 1.44 bits per heavy atom. The molecule has 3 N–H and O–H groups in total. The predicted molar refractivity (Wildman–Crippen MR) is 73.0 cm³/mol. The molecule has 1 saturated carbocycles. The van der Waals surface area contributed by atoms with Crippen LogP contribution in [0.2, 0.25) is 0 Å². The van der Waals surface area contributed by atoms with Crippen molar-refractivity contribution in [3.05, 3.63) is 29.8 Å². The lowest BCUT2D eigenvalue weighted by molar-refractivity contribution is 0.257. The van der Waals surface area contributed by atoms with Gasteiger partial charge in [-0.1, -0.05) is 18.2 Å². The molecule has 1 aliphatic rings. The van der Waals surface area contributed by atoms with Crippen LogP contribution in [-0.4, -0.2) is 30.4 Å². The molecule has 0 heterocycles. The topological polar surface area (TPSA) is 62.3 Å². The summed E-state index contributed by atoms with van der Waals surface area (Å²) in [5.74, 6) is 1.20. The van der Waals surface area contributed by atoms with E-state index in [9.17, 15) is 0 Å². The zero-order chi connectivity index (χ0) is 13.0. The molecule has 0 atom stereocenters. The van der Waals surface area contributed by atoms with Gasteiger partial charge in [0.2, 0.25) is 0 Å². The zero-order valence-electron chi connectivity index (χ0n) is 10.9. The molecule has 1 fully saturated rings. The Morgan fingerprint density at radius 2 is 2.17 bits per heavy atom. The van der Waals surface area contributed by atoms with Crippen LogP contribution in [0.3, 0.4) is 0 Å². The Labute approximate surface area is 108 Å². The zero-order valence-corrected chi connectivity index (χ0v) is 10.9. The van der Waals surface area contributed by atoms with E-state index in [1.165, 1.54) is 18.4 Å². The van der Waals surface area contributed by atoms with Crippen LogP contribution in [0.5, 0.6) is 5.75 Å². The molecule has 1 aromatic carbocycles. The standard InChI is InChI=1S/C14H21N3O/c1-18-13-5-3-2-4-11(13)10-17(12-6-7-12)9-8-14(15)16/h2-5,12H,6-10H2,1H3,(H3,15,16). The molecular formula is C14H21N3O. The number of nitrogens with zero attached hydrogens (tertiary/aromatic N) is 1. The van der Waals surface area contributed by atoms with Crippen molar-refractivity contribution in [3.8, 4) is 5.75 Å². The highest BCUT2D eigenvalue weighted by atomic mass is 16.5. The van der Waals surface area contributed by atoms with Gasteiger partial charge in [0.1, 0.15) is 5.75 Å². The highest BCUT2D eigenvalue weighted by Gasteiger charge is 2.29. The Kier molecular flexibility index (Phi) is 4.20. The molecule has 0 amide bonds. The number of para-hydroxylation sites is 1. The van der Waals surface area contributed by atoms with Crippen molar-refractivity contribution in [3.63, 3.8) is 0 Å². The molecule has 0 bridgehead atoms. The van der Waals surface area contributed by atoms with Gasteiger partial charge in [-0.15, -0.1) is 0 Å². The van der Waals surface area contributed by atoms with E-state index in [4.69, 9.17) is 15.9 Å². The summed E-state index contributed by atoms with van der Waals surface area (Å²) in [7, 11) is 1.70. The quantitative estimate of drug-likeness (QED) is 0.572. The molecule has 0 aliphatic heterocycles. The van der Waals surface area contributed by atoms with Gasteiger partial charge in [0.25, 0.3) is 0 Å². The van der Waals surface area contributed by atoms with E-state index in [0.29, 0.717) is 12.5 Å². The molecule has 0 spiro atoms. The van der Waals surface area contributed by atoms with Crippen LogP contribution in [-0.2, 0) is 6.54 Å². The second-order valence-corrected chi connectivity index (χ2v) is 4.79. The minimum absolute atomic E-state index is 0.265. The van der Waals surface area contributed by atoms with Crippen LogP contribution in [0, 0.1) is 5.41 Å². The molecule has 98 valence electrons. The van der Waals surface area contributed by atoms with Crippen molar-refractivity contribution in [2.45, 2.75) is 31.8 Å². The van der Waals surface area contributed by atoms with Crippen LogP contribution in [0.1, 0.15) is 24.8 Å². The monoisotopic (exact) mass is 247 g/mol. The molecule has 1 aromatic rings. The fourth-order valence-electron chi connectivity index (χ4n) is 2.15. The molecular weight excluding hydrogens is 226 g/mol. The third kappa shape index (κ3) is 3.47. The van der Waals surface area contributed by atoms with Crippen molar-refractivity contribution in [2.24, 2.45) is 5.73 Å². The first-order chi connectivity index (χ1) is 8.70. The second kappa shape index (κ2) is 5.87. The number of methoxy groups -OCH3 is 1. The lowest BCUT2D eigenvalue weighted by Gasteiger charge is -2.22. The minimum Gasteiger partial charge on any atom is -0.496 e. The first kappa shape index (κ1) is 12.9. The molecule has 0 aromatic heterocycles. The smallest absolute Gasteiger partial charge is 0.123 e. The van der Waals surface area contributed by atoms with Gasteiger partial charge in [0.15, 0.2) is 0 Å². The molecule has 1 aliphatic carbocycles. The number of hydrogen-bond acceptors (Lipinski definition) is 3. The number of ether oxygens (including phenoxy) is 1. The third-order valence-electron chi connectivity index (χ3n) is 3.30. The summed E-state index contributed by atoms with van der Waals surface area (Å²) < 4.78 is 5.38. The predicted octanol–water partition coefficient (Wildman–Crippen LogP) is 1.99. The summed E-state index contributed by atoms with van der Waals surface area (Å²) in [6.07, 6.45) is 3.16. The van der Waals surface area contributed by atoms with Crippen molar-refractivity contribution in [2.75, 3.05) is 13.7 Å². The van der Waals surface area contributed by atoms with Crippen LogP contribution in [0.15, 0.2) is 24.3 Å². The van der Waals surface area contributed by atoms with E-state index in [-0.39, 0.29) is 5.84 Å². The number of hydrogen-bond donors (Lipinski definition) is 2. The number of benzene rings is 1. The van der Waals surface area contributed by atoms with Gasteiger partial charge in [-0.05, 0) is 18.9 Å². The summed E-state index contributed by atoms with van der Waals surface area (Å²) >= 11 is 0. The van der Waals surface area contributed by atoms with Crippen LogP contribution in [0.4, 0.5) is 0 Å². The van der Waals surface area contributed by atoms with Crippen molar-refractivity contribution < 1.29 is 4.74 Å². The number of rotatable bonds is 7. The van der Waals surface area contributed by atoms with Gasteiger partial charge in [-0.25, -0.2) is 0 Å². The maximum Gasteiger partial charge on any atom is 0.123 e. The van der Waals surface area contributed by atoms with Crippen LogP contribution >= 0.6 is 0 Å². The maximum absolute atomic E-state index is 7.33. The van der Waals surface area contributed by atoms with Crippen molar-refractivity contribution in [1.82, 2.24) is 4.90 Å². The van der Waals surface area contributed by atoms with Crippen LogP contribution < -0.4 is 10.5 Å². The number of amidine groups is 1. The fourth-order valence-corrected chi connectivity index (χ4v) is 2.15. The normalized spacial score (nSPS) is 14.8. The molecule has 18 heavy (non-hydrogen) atoms. The summed E-state index contributed by atoms with van der Waals surface area (Å²) in [6, 6.07) is 8.77. The van der Waals surface area contributed by atoms with Gasteiger partial charge in [0, 0.05) is 31.1 Å². The summed E-state index contributed by atoms with van der Waals surface area (Å²) in [5, 5.41) is 7.33. The van der Waals surface area contributed by atoms with E-state index in [1.54, 1.807) is 7.11 Å². The molecule has 0 radical (unpaired) electrons. The molecule has 4 nitrogen and oxygen atoms in total. The largest absolute Gasteiger partial charge is 0.496 e. The number of nitrogens with one attached hydrogen (secondary N) is 1. The molecule has 4 heteroatoms. The second-order valence-electron chi connectivity index (χ2n) is 4.79. The van der Waals surface area contributed by atoms with Crippen LogP contribution in [0.25, 0.3) is 0 Å². The van der Waals surface area contributed by atoms with E-state index < -0.39 is 0 Å². The van der Waals surface area contributed by atoms with Gasteiger partial charge in [-0.2, -0.15) is 0 Å². The molecule has 0 saturated heterocycles. The first-order valence-corrected chi connectivity index (χ1v) is 6.39. The Bertz CT molecular complexity index is 415. The Hall–Kier alpha value is -1.55. The van der Waals surface area contributed by atoms with Crippen molar-refractivity contribution in [1.29, 1.82) is 5.41 Å². The molecule has 2 rings (SSSR count). The third-order valence-corrected chi connectivity index (χ3v) is 3.30. The minimum atomic E-state index is 0.265.